The lowest BCUT2D eigenvalue weighted by Gasteiger charge is -2.14. The molecule has 0 saturated carbocycles. The number of rotatable bonds is 4. The molecule has 31 heavy (non-hydrogen) atoms. The maximum absolute atomic E-state index is 13.5. The topological polar surface area (TPSA) is 82.9 Å². The van der Waals surface area contributed by atoms with Crippen molar-refractivity contribution in [2.75, 3.05) is 0 Å². The Morgan fingerprint density at radius 2 is 1.74 bits per heavy atom. The molecule has 0 unspecified atom stereocenters. The molecule has 166 valence electrons. The second-order valence-electron chi connectivity index (χ2n) is 6.72. The minimum absolute atomic E-state index is 0.0556. The van der Waals surface area contributed by atoms with Crippen LogP contribution in [0.3, 0.4) is 0 Å². The van der Waals surface area contributed by atoms with E-state index in [0.717, 1.165) is 19.2 Å². The van der Waals surface area contributed by atoms with Gasteiger partial charge in [-0.25, -0.2) is 9.48 Å². The monoisotopic (exact) mass is 448 g/mol. The normalized spacial score (nSPS) is 12.4. The summed E-state index contributed by atoms with van der Waals surface area (Å²) < 4.78 is 84.6. The van der Waals surface area contributed by atoms with Gasteiger partial charge in [0.15, 0.2) is 5.78 Å². The Kier molecular flexibility index (Phi) is 5.32. The zero-order valence-corrected chi connectivity index (χ0v) is 16.2. The summed E-state index contributed by atoms with van der Waals surface area (Å²) in [5.74, 6) is -2.09. The average Bonchev–Trinajstić information content (AvgIpc) is 3.13. The van der Waals surface area contributed by atoms with Crippen LogP contribution in [-0.2, 0) is 25.9 Å². The number of benzene rings is 1. The summed E-state index contributed by atoms with van der Waals surface area (Å²) in [5, 5.41) is 6.73. The molecule has 13 heteroatoms. The maximum atomic E-state index is 13.5. The average molecular weight is 448 g/mol. The minimum Gasteiger partial charge on any atom is -0.361 e. The lowest BCUT2D eigenvalue weighted by molar-refractivity contribution is -0.147. The standard InChI is InChI=1S/C18H14F6N4O3/c1-8-13(9(2)31-26-8)14(29)10-4-5-12(17(19,20)21)11(6-10)7-28-16(30)27(3)15(25-28)18(22,23)24/h4-6H,7H2,1-3H3. The predicted octanol–water partition coefficient (Wildman–Crippen LogP) is 3.50. The van der Waals surface area contributed by atoms with Gasteiger partial charge in [-0.05, 0) is 31.5 Å². The quantitative estimate of drug-likeness (QED) is 0.451. The Hall–Kier alpha value is -3.38. The second kappa shape index (κ2) is 7.39. The fraction of sp³-hybridized carbons (Fsp3) is 0.333. The van der Waals surface area contributed by atoms with Gasteiger partial charge in [0.05, 0.1) is 23.4 Å². The fourth-order valence-electron chi connectivity index (χ4n) is 3.09. The van der Waals surface area contributed by atoms with Crippen molar-refractivity contribution < 1.29 is 35.7 Å². The molecular formula is C18H14F6N4O3. The molecule has 0 aliphatic carbocycles. The van der Waals surface area contributed by atoms with Crippen LogP contribution in [0.1, 0.15) is 44.3 Å². The van der Waals surface area contributed by atoms with Crippen LogP contribution in [0.4, 0.5) is 26.3 Å². The van der Waals surface area contributed by atoms with Crippen LogP contribution in [0.25, 0.3) is 0 Å². The van der Waals surface area contributed by atoms with E-state index in [2.05, 4.69) is 10.3 Å². The molecule has 0 fully saturated rings. The summed E-state index contributed by atoms with van der Waals surface area (Å²) >= 11 is 0. The number of aromatic nitrogens is 4. The van der Waals surface area contributed by atoms with E-state index in [9.17, 15) is 35.9 Å². The number of alkyl halides is 6. The van der Waals surface area contributed by atoms with Crippen LogP contribution >= 0.6 is 0 Å². The summed E-state index contributed by atoms with van der Waals surface area (Å²) in [4.78, 5) is 24.8. The van der Waals surface area contributed by atoms with Gasteiger partial charge >= 0.3 is 18.0 Å². The third-order valence-corrected chi connectivity index (χ3v) is 4.55. The molecule has 3 aromatic rings. The van der Waals surface area contributed by atoms with Gasteiger partial charge in [0.25, 0.3) is 0 Å². The van der Waals surface area contributed by atoms with E-state index in [0.29, 0.717) is 6.07 Å². The van der Waals surface area contributed by atoms with E-state index < -0.39 is 47.3 Å². The van der Waals surface area contributed by atoms with Crippen molar-refractivity contribution in [3.8, 4) is 0 Å². The van der Waals surface area contributed by atoms with Gasteiger partial charge in [-0.15, -0.1) is 5.10 Å². The summed E-state index contributed by atoms with van der Waals surface area (Å²) in [5.41, 5.74) is -2.98. The lowest BCUT2D eigenvalue weighted by atomic mass is 9.97. The van der Waals surface area contributed by atoms with Crippen LogP contribution in [0, 0.1) is 13.8 Å². The molecule has 0 bridgehead atoms. The van der Waals surface area contributed by atoms with Gasteiger partial charge < -0.3 is 4.52 Å². The molecule has 0 spiro atoms. The van der Waals surface area contributed by atoms with Crippen LogP contribution < -0.4 is 5.69 Å². The Balaban J connectivity index is 2.12. The maximum Gasteiger partial charge on any atom is 0.451 e. The SMILES string of the molecule is Cc1noc(C)c1C(=O)c1ccc(C(F)(F)F)c(Cn2nc(C(F)(F)F)n(C)c2=O)c1. The molecule has 0 amide bonds. The second-order valence-corrected chi connectivity index (χ2v) is 6.72. The number of hydrogen-bond acceptors (Lipinski definition) is 5. The molecule has 3 rings (SSSR count). The number of nitrogens with zero attached hydrogens (tertiary/aromatic N) is 4. The molecule has 1 aromatic carbocycles. The van der Waals surface area contributed by atoms with Crippen LogP contribution in [0.15, 0.2) is 27.5 Å². The fourth-order valence-corrected chi connectivity index (χ4v) is 3.09. The number of carbonyl (C=O) groups is 1. The Morgan fingerprint density at radius 3 is 2.23 bits per heavy atom. The van der Waals surface area contributed by atoms with E-state index in [-0.39, 0.29) is 31.8 Å². The van der Waals surface area contributed by atoms with Crippen molar-refractivity contribution in [1.29, 1.82) is 0 Å². The van der Waals surface area contributed by atoms with Gasteiger partial charge in [-0.2, -0.15) is 26.3 Å². The molecule has 0 aliphatic rings. The van der Waals surface area contributed by atoms with E-state index in [4.69, 9.17) is 4.52 Å². The Labute approximate surface area is 169 Å². The first-order valence-electron chi connectivity index (χ1n) is 8.60. The highest BCUT2D eigenvalue weighted by molar-refractivity contribution is 6.10. The highest BCUT2D eigenvalue weighted by Crippen LogP contribution is 2.34. The molecule has 0 aliphatic heterocycles. The third kappa shape index (κ3) is 4.11. The molecule has 0 saturated heterocycles. The van der Waals surface area contributed by atoms with Gasteiger partial charge in [-0.1, -0.05) is 11.2 Å². The number of halogens is 6. The zero-order valence-electron chi connectivity index (χ0n) is 16.2. The number of aryl methyl sites for hydroxylation is 2. The van der Waals surface area contributed by atoms with E-state index in [1.807, 2.05) is 0 Å². The zero-order chi connectivity index (χ0) is 23.3. The summed E-state index contributed by atoms with van der Waals surface area (Å²) in [6, 6.07) is 2.42. The number of carbonyl (C=O) groups excluding carboxylic acids is 1. The minimum atomic E-state index is -4.98. The van der Waals surface area contributed by atoms with Gasteiger partial charge in [0.2, 0.25) is 5.82 Å². The highest BCUT2D eigenvalue weighted by Gasteiger charge is 2.39. The summed E-state index contributed by atoms with van der Waals surface area (Å²) in [6.45, 7) is 1.99. The van der Waals surface area contributed by atoms with Crippen LogP contribution in [0.2, 0.25) is 0 Å². The predicted molar refractivity (Wildman–Crippen MR) is 92.4 cm³/mol. The molecule has 0 radical (unpaired) electrons. The van der Waals surface area contributed by atoms with Crippen LogP contribution in [-0.4, -0.2) is 25.3 Å². The van der Waals surface area contributed by atoms with Crippen molar-refractivity contribution in [1.82, 2.24) is 19.5 Å². The number of hydrogen-bond donors (Lipinski definition) is 0. The van der Waals surface area contributed by atoms with E-state index in [1.54, 1.807) is 0 Å². The summed E-state index contributed by atoms with van der Waals surface area (Å²) in [7, 11) is 0.802. The van der Waals surface area contributed by atoms with E-state index in [1.165, 1.54) is 13.8 Å². The smallest absolute Gasteiger partial charge is 0.361 e. The molecule has 2 heterocycles. The van der Waals surface area contributed by atoms with Crippen molar-refractivity contribution in [3.63, 3.8) is 0 Å². The lowest BCUT2D eigenvalue weighted by Crippen LogP contribution is -2.25. The first kappa shape index (κ1) is 22.3. The molecule has 0 atom stereocenters. The van der Waals surface area contributed by atoms with E-state index >= 15 is 0 Å². The van der Waals surface area contributed by atoms with Crippen molar-refractivity contribution >= 4 is 5.78 Å². The highest BCUT2D eigenvalue weighted by atomic mass is 19.4. The first-order chi connectivity index (χ1) is 14.2. The molecule has 2 aromatic heterocycles. The Bertz CT molecular complexity index is 1200. The van der Waals surface area contributed by atoms with Gasteiger partial charge in [0.1, 0.15) is 5.76 Å². The number of ketones is 1. The first-order valence-corrected chi connectivity index (χ1v) is 8.60. The molecular weight excluding hydrogens is 434 g/mol. The van der Waals surface area contributed by atoms with Crippen molar-refractivity contribution in [2.24, 2.45) is 7.05 Å². The van der Waals surface area contributed by atoms with Gasteiger partial charge in [-0.3, -0.25) is 9.36 Å². The van der Waals surface area contributed by atoms with Crippen molar-refractivity contribution in [3.05, 3.63) is 68.2 Å². The Morgan fingerprint density at radius 1 is 1.10 bits per heavy atom. The largest absolute Gasteiger partial charge is 0.451 e. The van der Waals surface area contributed by atoms with Crippen LogP contribution in [0.5, 0.6) is 0 Å². The van der Waals surface area contributed by atoms with Gasteiger partial charge in [0, 0.05) is 12.6 Å². The molecule has 7 nitrogen and oxygen atoms in total. The molecule has 0 N–H and O–H groups in total. The third-order valence-electron chi connectivity index (χ3n) is 4.55. The summed E-state index contributed by atoms with van der Waals surface area (Å²) in [6.07, 6.45) is -9.86. The van der Waals surface area contributed by atoms with Crippen molar-refractivity contribution in [2.45, 2.75) is 32.7 Å².